The van der Waals surface area contributed by atoms with Gasteiger partial charge in [-0.05, 0) is 25.1 Å². The van der Waals surface area contributed by atoms with Crippen molar-refractivity contribution in [1.29, 1.82) is 0 Å². The summed E-state index contributed by atoms with van der Waals surface area (Å²) in [4.78, 5) is 23.4. The Bertz CT molecular complexity index is 496. The number of nitrogens with zero attached hydrogens (tertiary/aromatic N) is 2. The van der Waals surface area contributed by atoms with Gasteiger partial charge in [0.25, 0.3) is 5.69 Å². The molecule has 1 aliphatic heterocycles. The van der Waals surface area contributed by atoms with E-state index in [1.54, 1.807) is 0 Å². The zero-order chi connectivity index (χ0) is 13.8. The summed E-state index contributed by atoms with van der Waals surface area (Å²) in [7, 11) is 0. The minimum atomic E-state index is -1.08. The van der Waals surface area contributed by atoms with Gasteiger partial charge in [-0.3, -0.25) is 10.1 Å². The third kappa shape index (κ3) is 3.00. The lowest BCUT2D eigenvalue weighted by atomic mass is 10.1. The zero-order valence-electron chi connectivity index (χ0n) is 10.3. The predicted molar refractivity (Wildman–Crippen MR) is 69.8 cm³/mol. The van der Waals surface area contributed by atoms with Crippen molar-refractivity contribution in [1.82, 2.24) is 5.32 Å². The number of rotatable bonds is 3. The van der Waals surface area contributed by atoms with Crippen LogP contribution in [0.15, 0.2) is 18.2 Å². The number of benzene rings is 1. The average molecular weight is 265 g/mol. The number of carboxylic acid groups (broad SMARTS) is 1. The number of carboxylic acids is 1. The summed E-state index contributed by atoms with van der Waals surface area (Å²) in [6, 6.07) is 3.91. The number of aromatic carboxylic acids is 1. The van der Waals surface area contributed by atoms with Crippen molar-refractivity contribution in [2.75, 3.05) is 31.1 Å². The highest BCUT2D eigenvalue weighted by Gasteiger charge is 2.22. The van der Waals surface area contributed by atoms with Gasteiger partial charge in [-0.25, -0.2) is 4.79 Å². The maximum absolute atomic E-state index is 11.0. The topological polar surface area (TPSA) is 95.7 Å². The molecule has 0 saturated carbocycles. The summed E-state index contributed by atoms with van der Waals surface area (Å²) in [5.74, 6) is -1.08. The lowest BCUT2D eigenvalue weighted by Gasteiger charge is -2.22. The third-order valence-electron chi connectivity index (χ3n) is 3.10. The van der Waals surface area contributed by atoms with Gasteiger partial charge in [-0.2, -0.15) is 0 Å². The van der Waals surface area contributed by atoms with Crippen molar-refractivity contribution in [3.63, 3.8) is 0 Å². The summed E-state index contributed by atoms with van der Waals surface area (Å²) in [6.45, 7) is 2.90. The molecule has 102 valence electrons. The van der Waals surface area contributed by atoms with E-state index < -0.39 is 10.9 Å². The Kier molecular flexibility index (Phi) is 3.96. The van der Waals surface area contributed by atoms with E-state index in [1.165, 1.54) is 18.2 Å². The van der Waals surface area contributed by atoms with Gasteiger partial charge < -0.3 is 15.3 Å². The van der Waals surface area contributed by atoms with Crippen LogP contribution in [0.1, 0.15) is 16.8 Å². The minimum Gasteiger partial charge on any atom is -0.478 e. The van der Waals surface area contributed by atoms with Crippen LogP contribution in [-0.4, -0.2) is 42.2 Å². The van der Waals surface area contributed by atoms with Gasteiger partial charge in [0, 0.05) is 25.7 Å². The van der Waals surface area contributed by atoms with E-state index in [1.807, 2.05) is 4.90 Å². The van der Waals surface area contributed by atoms with Crippen molar-refractivity contribution < 1.29 is 14.8 Å². The van der Waals surface area contributed by atoms with E-state index in [0.29, 0.717) is 18.8 Å². The third-order valence-corrected chi connectivity index (χ3v) is 3.10. The van der Waals surface area contributed by atoms with E-state index >= 15 is 0 Å². The summed E-state index contributed by atoms with van der Waals surface area (Å²) in [5, 5.41) is 23.2. The first-order valence-electron chi connectivity index (χ1n) is 6.07. The molecule has 0 aliphatic carbocycles. The molecule has 0 amide bonds. The van der Waals surface area contributed by atoms with E-state index in [-0.39, 0.29) is 11.3 Å². The summed E-state index contributed by atoms with van der Waals surface area (Å²) in [6.07, 6.45) is 0.869. The average Bonchev–Trinajstić information content (AvgIpc) is 2.66. The molecule has 0 unspecified atom stereocenters. The largest absolute Gasteiger partial charge is 0.478 e. The first-order chi connectivity index (χ1) is 9.09. The van der Waals surface area contributed by atoms with Crippen LogP contribution in [0, 0.1) is 10.1 Å². The number of hydrogen-bond acceptors (Lipinski definition) is 5. The Hall–Kier alpha value is -2.15. The SMILES string of the molecule is O=C(O)c1ccc([N+](=O)[O-])c(N2CCCNCC2)c1. The summed E-state index contributed by atoms with van der Waals surface area (Å²) in [5.41, 5.74) is 0.401. The standard InChI is InChI=1S/C12H15N3O4/c16-12(17)9-2-3-10(15(18)19)11(8-9)14-6-1-4-13-5-7-14/h2-3,8,13H,1,4-7H2,(H,16,17). The second-order valence-electron chi connectivity index (χ2n) is 4.36. The van der Waals surface area contributed by atoms with E-state index in [0.717, 1.165) is 19.5 Å². The molecular weight excluding hydrogens is 250 g/mol. The predicted octanol–water partition coefficient (Wildman–Crippen LogP) is 1.09. The Morgan fingerprint density at radius 2 is 2.16 bits per heavy atom. The van der Waals surface area contributed by atoms with Crippen LogP contribution in [0.3, 0.4) is 0 Å². The van der Waals surface area contributed by atoms with Crippen molar-refractivity contribution >= 4 is 17.3 Å². The second-order valence-corrected chi connectivity index (χ2v) is 4.36. The lowest BCUT2D eigenvalue weighted by molar-refractivity contribution is -0.384. The highest BCUT2D eigenvalue weighted by atomic mass is 16.6. The molecule has 2 N–H and O–H groups in total. The molecule has 1 heterocycles. The molecule has 0 bridgehead atoms. The van der Waals surface area contributed by atoms with Gasteiger partial charge in [0.2, 0.25) is 0 Å². The highest BCUT2D eigenvalue weighted by molar-refractivity contribution is 5.90. The number of nitrogens with one attached hydrogen (secondary N) is 1. The summed E-state index contributed by atoms with van der Waals surface area (Å²) < 4.78 is 0. The molecule has 0 radical (unpaired) electrons. The lowest BCUT2D eigenvalue weighted by Crippen LogP contribution is -2.28. The number of carbonyl (C=O) groups is 1. The van der Waals surface area contributed by atoms with Crippen molar-refractivity contribution in [3.8, 4) is 0 Å². The quantitative estimate of drug-likeness (QED) is 0.627. The molecule has 0 aromatic heterocycles. The van der Waals surface area contributed by atoms with Crippen molar-refractivity contribution in [2.45, 2.75) is 6.42 Å². The van der Waals surface area contributed by atoms with Crippen LogP contribution >= 0.6 is 0 Å². The Morgan fingerprint density at radius 1 is 1.37 bits per heavy atom. The van der Waals surface area contributed by atoms with Crippen LogP contribution in [-0.2, 0) is 0 Å². The Labute approximate surface area is 110 Å². The van der Waals surface area contributed by atoms with Gasteiger partial charge in [0.05, 0.1) is 10.5 Å². The fraction of sp³-hybridized carbons (Fsp3) is 0.417. The molecule has 0 atom stereocenters. The van der Waals surface area contributed by atoms with Crippen LogP contribution < -0.4 is 10.2 Å². The van der Waals surface area contributed by atoms with E-state index in [2.05, 4.69) is 5.32 Å². The normalized spacial score (nSPS) is 15.9. The van der Waals surface area contributed by atoms with Gasteiger partial charge in [-0.1, -0.05) is 0 Å². The summed E-state index contributed by atoms with van der Waals surface area (Å²) >= 11 is 0. The molecular formula is C12H15N3O4. The number of nitro groups is 1. The molecule has 7 nitrogen and oxygen atoms in total. The first-order valence-corrected chi connectivity index (χ1v) is 6.07. The molecule has 1 aliphatic rings. The number of nitro benzene ring substituents is 1. The van der Waals surface area contributed by atoms with Gasteiger partial charge in [0.1, 0.15) is 5.69 Å². The maximum atomic E-state index is 11.0. The van der Waals surface area contributed by atoms with Gasteiger partial charge in [0.15, 0.2) is 0 Å². The number of hydrogen-bond donors (Lipinski definition) is 2. The molecule has 1 fully saturated rings. The monoisotopic (exact) mass is 265 g/mol. The Morgan fingerprint density at radius 3 is 2.84 bits per heavy atom. The molecule has 1 aromatic carbocycles. The smallest absolute Gasteiger partial charge is 0.335 e. The van der Waals surface area contributed by atoms with Crippen molar-refractivity contribution in [2.24, 2.45) is 0 Å². The fourth-order valence-corrected chi connectivity index (χ4v) is 2.15. The number of anilines is 1. The molecule has 7 heteroatoms. The highest BCUT2D eigenvalue weighted by Crippen LogP contribution is 2.29. The van der Waals surface area contributed by atoms with Crippen LogP contribution in [0.2, 0.25) is 0 Å². The molecule has 1 saturated heterocycles. The fourth-order valence-electron chi connectivity index (χ4n) is 2.15. The minimum absolute atomic E-state index is 0.0492. The second kappa shape index (κ2) is 5.66. The maximum Gasteiger partial charge on any atom is 0.335 e. The molecule has 2 rings (SSSR count). The molecule has 19 heavy (non-hydrogen) atoms. The van der Waals surface area contributed by atoms with Crippen LogP contribution in [0.5, 0.6) is 0 Å². The Balaban J connectivity index is 2.41. The van der Waals surface area contributed by atoms with Gasteiger partial charge in [-0.15, -0.1) is 0 Å². The van der Waals surface area contributed by atoms with Crippen LogP contribution in [0.25, 0.3) is 0 Å². The van der Waals surface area contributed by atoms with Crippen molar-refractivity contribution in [3.05, 3.63) is 33.9 Å². The molecule has 0 spiro atoms. The molecule has 1 aromatic rings. The van der Waals surface area contributed by atoms with E-state index in [4.69, 9.17) is 5.11 Å². The first kappa shape index (κ1) is 13.3. The van der Waals surface area contributed by atoms with Gasteiger partial charge >= 0.3 is 5.97 Å². The van der Waals surface area contributed by atoms with Crippen LogP contribution in [0.4, 0.5) is 11.4 Å². The van der Waals surface area contributed by atoms with E-state index in [9.17, 15) is 14.9 Å². The zero-order valence-corrected chi connectivity index (χ0v) is 10.3.